The Hall–Kier alpha value is -1.78. The average molecular weight is 296 g/mol. The SMILES string of the molecule is CN(C(=O)c1cc(N)cc(Cl)c1Cl)c1cccnc1. The van der Waals surface area contributed by atoms with Crippen LogP contribution < -0.4 is 10.6 Å². The van der Waals surface area contributed by atoms with Crippen molar-refractivity contribution in [2.24, 2.45) is 0 Å². The molecular weight excluding hydrogens is 285 g/mol. The number of carbonyl (C=O) groups is 1. The van der Waals surface area contributed by atoms with Gasteiger partial charge in [0.1, 0.15) is 0 Å². The summed E-state index contributed by atoms with van der Waals surface area (Å²) in [6.45, 7) is 0. The van der Waals surface area contributed by atoms with Gasteiger partial charge in [-0.15, -0.1) is 0 Å². The first kappa shape index (κ1) is 13.6. The first-order chi connectivity index (χ1) is 9.00. The summed E-state index contributed by atoms with van der Waals surface area (Å²) in [4.78, 5) is 17.8. The third kappa shape index (κ3) is 2.80. The third-order valence-electron chi connectivity index (χ3n) is 2.62. The minimum Gasteiger partial charge on any atom is -0.399 e. The Balaban J connectivity index is 2.40. The van der Waals surface area contributed by atoms with Gasteiger partial charge < -0.3 is 10.6 Å². The Labute approximate surface area is 120 Å². The summed E-state index contributed by atoms with van der Waals surface area (Å²) in [5, 5.41) is 0.446. The van der Waals surface area contributed by atoms with Gasteiger partial charge in [-0.1, -0.05) is 23.2 Å². The summed E-state index contributed by atoms with van der Waals surface area (Å²) in [6.07, 6.45) is 3.21. The number of halogens is 2. The number of anilines is 2. The van der Waals surface area contributed by atoms with Crippen molar-refractivity contribution in [1.29, 1.82) is 0 Å². The first-order valence-electron chi connectivity index (χ1n) is 5.43. The van der Waals surface area contributed by atoms with Crippen molar-refractivity contribution in [2.75, 3.05) is 17.7 Å². The fourth-order valence-electron chi connectivity index (χ4n) is 1.62. The molecule has 1 amide bonds. The fourth-order valence-corrected chi connectivity index (χ4v) is 2.03. The van der Waals surface area contributed by atoms with E-state index in [1.807, 2.05) is 0 Å². The van der Waals surface area contributed by atoms with E-state index in [9.17, 15) is 4.79 Å². The van der Waals surface area contributed by atoms with Gasteiger partial charge in [0, 0.05) is 18.9 Å². The normalized spacial score (nSPS) is 10.3. The third-order valence-corrected chi connectivity index (χ3v) is 3.42. The van der Waals surface area contributed by atoms with Crippen LogP contribution in [0, 0.1) is 0 Å². The molecule has 0 saturated heterocycles. The Morgan fingerprint density at radius 2 is 2.11 bits per heavy atom. The summed E-state index contributed by atoms with van der Waals surface area (Å²) in [5.74, 6) is -0.299. The van der Waals surface area contributed by atoms with Crippen molar-refractivity contribution < 1.29 is 4.79 Å². The monoisotopic (exact) mass is 295 g/mol. The van der Waals surface area contributed by atoms with Crippen LogP contribution in [-0.2, 0) is 0 Å². The number of amides is 1. The number of aromatic nitrogens is 1. The number of carbonyl (C=O) groups excluding carboxylic acids is 1. The van der Waals surface area contributed by atoms with E-state index in [1.54, 1.807) is 31.6 Å². The quantitative estimate of drug-likeness (QED) is 0.865. The molecule has 1 heterocycles. The predicted molar refractivity (Wildman–Crippen MR) is 77.8 cm³/mol. The van der Waals surface area contributed by atoms with E-state index in [0.717, 1.165) is 0 Å². The van der Waals surface area contributed by atoms with Gasteiger partial charge in [-0.25, -0.2) is 0 Å². The van der Waals surface area contributed by atoms with Crippen molar-refractivity contribution in [1.82, 2.24) is 4.98 Å². The molecule has 0 fully saturated rings. The number of hydrogen-bond donors (Lipinski definition) is 1. The van der Waals surface area contributed by atoms with Gasteiger partial charge in [0.2, 0.25) is 0 Å². The van der Waals surface area contributed by atoms with Gasteiger partial charge >= 0.3 is 0 Å². The second kappa shape index (κ2) is 5.47. The Morgan fingerprint density at radius 1 is 1.37 bits per heavy atom. The van der Waals surface area contributed by atoms with Crippen LogP contribution >= 0.6 is 23.2 Å². The molecule has 98 valence electrons. The number of benzene rings is 1. The van der Waals surface area contributed by atoms with Crippen LogP contribution in [0.15, 0.2) is 36.7 Å². The smallest absolute Gasteiger partial charge is 0.259 e. The Kier molecular flexibility index (Phi) is 3.93. The number of rotatable bonds is 2. The zero-order chi connectivity index (χ0) is 14.0. The van der Waals surface area contributed by atoms with E-state index in [-0.39, 0.29) is 21.5 Å². The van der Waals surface area contributed by atoms with Crippen LogP contribution in [0.3, 0.4) is 0 Å². The first-order valence-corrected chi connectivity index (χ1v) is 6.19. The van der Waals surface area contributed by atoms with Gasteiger partial charge in [0.05, 0.1) is 27.5 Å². The van der Waals surface area contributed by atoms with Crippen molar-refractivity contribution in [3.05, 3.63) is 52.3 Å². The van der Waals surface area contributed by atoms with Crippen LogP contribution in [0.25, 0.3) is 0 Å². The second-order valence-electron chi connectivity index (χ2n) is 3.94. The van der Waals surface area contributed by atoms with Gasteiger partial charge in [0.15, 0.2) is 0 Å². The van der Waals surface area contributed by atoms with Crippen LogP contribution in [0.5, 0.6) is 0 Å². The molecule has 0 saturated carbocycles. The highest BCUT2D eigenvalue weighted by atomic mass is 35.5. The molecule has 2 aromatic rings. The lowest BCUT2D eigenvalue weighted by molar-refractivity contribution is 0.0993. The molecule has 0 atom stereocenters. The Bertz CT molecular complexity index is 617. The van der Waals surface area contributed by atoms with Crippen molar-refractivity contribution >= 4 is 40.5 Å². The summed E-state index contributed by atoms with van der Waals surface area (Å²) in [7, 11) is 1.63. The molecule has 0 aliphatic carbocycles. The van der Waals surface area contributed by atoms with Gasteiger partial charge in [0.25, 0.3) is 5.91 Å². The van der Waals surface area contributed by atoms with E-state index in [0.29, 0.717) is 11.4 Å². The topological polar surface area (TPSA) is 59.2 Å². The molecule has 0 unspecified atom stereocenters. The standard InChI is InChI=1S/C13H11Cl2N3O/c1-18(9-3-2-4-17-7-9)13(19)10-5-8(16)6-11(14)12(10)15/h2-7H,16H2,1H3. The van der Waals surface area contributed by atoms with Gasteiger partial charge in [-0.3, -0.25) is 9.78 Å². The van der Waals surface area contributed by atoms with E-state index < -0.39 is 0 Å². The molecule has 2 N–H and O–H groups in total. The second-order valence-corrected chi connectivity index (χ2v) is 4.72. The number of pyridine rings is 1. The van der Waals surface area contributed by atoms with Crippen LogP contribution in [-0.4, -0.2) is 17.9 Å². The van der Waals surface area contributed by atoms with Crippen LogP contribution in [0.4, 0.5) is 11.4 Å². The molecule has 0 bridgehead atoms. The van der Waals surface area contributed by atoms with Crippen LogP contribution in [0.2, 0.25) is 10.0 Å². The molecule has 4 nitrogen and oxygen atoms in total. The highest BCUT2D eigenvalue weighted by molar-refractivity contribution is 6.44. The van der Waals surface area contributed by atoms with E-state index in [2.05, 4.69) is 4.98 Å². The minimum absolute atomic E-state index is 0.191. The molecule has 6 heteroatoms. The molecule has 19 heavy (non-hydrogen) atoms. The zero-order valence-corrected chi connectivity index (χ0v) is 11.6. The number of nitrogens with zero attached hydrogens (tertiary/aromatic N) is 2. The van der Waals surface area contributed by atoms with Gasteiger partial charge in [-0.2, -0.15) is 0 Å². The summed E-state index contributed by atoms with van der Waals surface area (Å²) in [5.41, 5.74) is 6.98. The molecular formula is C13H11Cl2N3O. The van der Waals surface area contributed by atoms with Crippen molar-refractivity contribution in [3.63, 3.8) is 0 Å². The lowest BCUT2D eigenvalue weighted by Gasteiger charge is -2.18. The average Bonchev–Trinajstić information content (AvgIpc) is 2.42. The number of nitrogens with two attached hydrogens (primary N) is 1. The highest BCUT2D eigenvalue weighted by Gasteiger charge is 2.19. The fraction of sp³-hybridized carbons (Fsp3) is 0.0769. The molecule has 2 rings (SSSR count). The minimum atomic E-state index is -0.299. The van der Waals surface area contributed by atoms with Crippen LogP contribution in [0.1, 0.15) is 10.4 Å². The largest absolute Gasteiger partial charge is 0.399 e. The lowest BCUT2D eigenvalue weighted by atomic mass is 10.1. The van der Waals surface area contributed by atoms with E-state index >= 15 is 0 Å². The molecule has 0 spiro atoms. The molecule has 0 aliphatic heterocycles. The summed E-state index contributed by atoms with van der Waals surface area (Å²) < 4.78 is 0. The predicted octanol–water partition coefficient (Wildman–Crippen LogP) is 3.25. The van der Waals surface area contributed by atoms with Crippen molar-refractivity contribution in [3.8, 4) is 0 Å². The zero-order valence-electron chi connectivity index (χ0n) is 10.1. The molecule has 0 radical (unpaired) electrons. The number of nitrogen functional groups attached to an aromatic ring is 1. The highest BCUT2D eigenvalue weighted by Crippen LogP contribution is 2.30. The molecule has 1 aromatic carbocycles. The lowest BCUT2D eigenvalue weighted by Crippen LogP contribution is -2.26. The summed E-state index contributed by atoms with van der Waals surface area (Å²) >= 11 is 12.0. The molecule has 0 aliphatic rings. The van der Waals surface area contributed by atoms with Gasteiger partial charge in [-0.05, 0) is 24.3 Å². The summed E-state index contributed by atoms with van der Waals surface area (Å²) in [6, 6.07) is 6.52. The maximum absolute atomic E-state index is 12.4. The van der Waals surface area contributed by atoms with E-state index in [4.69, 9.17) is 28.9 Å². The molecule has 1 aromatic heterocycles. The van der Waals surface area contributed by atoms with Crippen molar-refractivity contribution in [2.45, 2.75) is 0 Å². The maximum atomic E-state index is 12.4. The maximum Gasteiger partial charge on any atom is 0.259 e. The Morgan fingerprint density at radius 3 is 2.74 bits per heavy atom. The van der Waals surface area contributed by atoms with E-state index in [1.165, 1.54) is 17.0 Å². The number of hydrogen-bond acceptors (Lipinski definition) is 3.